The maximum atomic E-state index is 12.6. The molecule has 0 saturated carbocycles. The summed E-state index contributed by atoms with van der Waals surface area (Å²) in [6.45, 7) is 3.63. The first-order chi connectivity index (χ1) is 14.0. The molecule has 0 spiro atoms. The molecule has 0 aliphatic heterocycles. The molecule has 0 fully saturated rings. The highest BCUT2D eigenvalue weighted by Gasteiger charge is 2.18. The van der Waals surface area contributed by atoms with E-state index in [4.69, 9.17) is 4.74 Å². The van der Waals surface area contributed by atoms with E-state index in [1.807, 2.05) is 30.3 Å². The van der Waals surface area contributed by atoms with Crippen molar-refractivity contribution < 1.29 is 14.3 Å². The zero-order valence-electron chi connectivity index (χ0n) is 16.2. The van der Waals surface area contributed by atoms with Gasteiger partial charge in [-0.1, -0.05) is 30.3 Å². The zero-order chi connectivity index (χ0) is 20.8. The second-order valence-electron chi connectivity index (χ2n) is 6.33. The number of ether oxygens (including phenoxy) is 1. The molecular formula is C22H21N3O4. The maximum absolute atomic E-state index is 12.6. The molecule has 148 valence electrons. The second kappa shape index (κ2) is 8.97. The lowest BCUT2D eigenvalue weighted by molar-refractivity contribution is -0.119. The summed E-state index contributed by atoms with van der Waals surface area (Å²) in [5.41, 5.74) is 1.98. The average molecular weight is 391 g/mol. The first kappa shape index (κ1) is 20.0. The number of carbonyl (C=O) groups excluding carboxylic acids is 2. The number of rotatable bonds is 6. The van der Waals surface area contributed by atoms with Gasteiger partial charge in [-0.05, 0) is 44.2 Å². The van der Waals surface area contributed by atoms with Gasteiger partial charge >= 0.3 is 5.97 Å². The molecule has 1 N–H and O–H groups in total. The van der Waals surface area contributed by atoms with Crippen LogP contribution in [-0.2, 0) is 9.53 Å². The lowest BCUT2D eigenvalue weighted by Gasteiger charge is -2.15. The quantitative estimate of drug-likeness (QED) is 0.651. The Labute approximate surface area is 168 Å². The van der Waals surface area contributed by atoms with Crippen molar-refractivity contribution in [2.45, 2.75) is 19.9 Å². The van der Waals surface area contributed by atoms with E-state index in [-0.39, 0.29) is 5.56 Å². The second-order valence-corrected chi connectivity index (χ2v) is 6.33. The fourth-order valence-corrected chi connectivity index (χ4v) is 2.73. The van der Waals surface area contributed by atoms with Crippen LogP contribution in [0.15, 0.2) is 71.5 Å². The molecule has 1 atom stereocenters. The van der Waals surface area contributed by atoms with Gasteiger partial charge in [-0.3, -0.25) is 9.59 Å². The summed E-state index contributed by atoms with van der Waals surface area (Å²) >= 11 is 0. The van der Waals surface area contributed by atoms with Crippen molar-refractivity contribution in [2.24, 2.45) is 0 Å². The molecule has 1 unspecified atom stereocenters. The number of anilines is 1. The Morgan fingerprint density at radius 1 is 1.03 bits per heavy atom. The van der Waals surface area contributed by atoms with Crippen molar-refractivity contribution in [1.82, 2.24) is 9.78 Å². The largest absolute Gasteiger partial charge is 0.462 e. The standard InChI is InChI=1S/C22H21N3O4/c1-3-29-22(28)17-9-11-18(12-10-17)23-21(27)15(2)25-20(26)14-13-19(24-25)16-7-5-4-6-8-16/h4-15H,3H2,1-2H3,(H,23,27). The Kier molecular flexibility index (Phi) is 6.19. The number of benzene rings is 2. The molecule has 3 aromatic rings. The number of nitrogens with zero attached hydrogens (tertiary/aromatic N) is 2. The molecule has 7 heteroatoms. The normalized spacial score (nSPS) is 11.5. The highest BCUT2D eigenvalue weighted by Crippen LogP contribution is 2.16. The molecule has 29 heavy (non-hydrogen) atoms. The molecule has 2 aromatic carbocycles. The van der Waals surface area contributed by atoms with Crippen molar-refractivity contribution in [3.8, 4) is 11.3 Å². The van der Waals surface area contributed by atoms with E-state index in [9.17, 15) is 14.4 Å². The summed E-state index contributed by atoms with van der Waals surface area (Å²) in [5.74, 6) is -0.819. The van der Waals surface area contributed by atoms with Gasteiger partial charge in [0.25, 0.3) is 5.56 Å². The van der Waals surface area contributed by atoms with Gasteiger partial charge in [0.2, 0.25) is 5.91 Å². The molecule has 3 rings (SSSR count). The van der Waals surface area contributed by atoms with Gasteiger partial charge in [-0.2, -0.15) is 5.10 Å². The number of hydrogen-bond acceptors (Lipinski definition) is 5. The highest BCUT2D eigenvalue weighted by molar-refractivity contribution is 5.94. The minimum atomic E-state index is -0.823. The first-order valence-electron chi connectivity index (χ1n) is 9.23. The van der Waals surface area contributed by atoms with Crippen LogP contribution in [0.5, 0.6) is 0 Å². The number of carbonyl (C=O) groups is 2. The van der Waals surface area contributed by atoms with E-state index in [0.29, 0.717) is 23.6 Å². The lowest BCUT2D eigenvalue weighted by atomic mass is 10.1. The van der Waals surface area contributed by atoms with Crippen LogP contribution in [0.2, 0.25) is 0 Å². The summed E-state index contributed by atoms with van der Waals surface area (Å²) in [5, 5.41) is 7.08. The van der Waals surface area contributed by atoms with Gasteiger partial charge in [0.15, 0.2) is 0 Å². The molecule has 0 bridgehead atoms. The number of esters is 1. The summed E-state index contributed by atoms with van der Waals surface area (Å²) in [6, 6.07) is 18.0. The molecule has 0 aliphatic rings. The van der Waals surface area contributed by atoms with Crippen LogP contribution in [0.3, 0.4) is 0 Å². The van der Waals surface area contributed by atoms with Crippen LogP contribution < -0.4 is 10.9 Å². The van der Waals surface area contributed by atoms with Crippen LogP contribution in [-0.4, -0.2) is 28.3 Å². The third-order valence-corrected chi connectivity index (χ3v) is 4.30. The minimum Gasteiger partial charge on any atom is -0.462 e. The Morgan fingerprint density at radius 3 is 2.38 bits per heavy atom. The Morgan fingerprint density at radius 2 is 1.72 bits per heavy atom. The van der Waals surface area contributed by atoms with E-state index in [1.54, 1.807) is 44.2 Å². The van der Waals surface area contributed by atoms with Gasteiger partial charge < -0.3 is 10.1 Å². The van der Waals surface area contributed by atoms with Crippen molar-refractivity contribution in [2.75, 3.05) is 11.9 Å². The van der Waals surface area contributed by atoms with Gasteiger partial charge in [-0.25, -0.2) is 9.48 Å². The highest BCUT2D eigenvalue weighted by atomic mass is 16.5. The summed E-state index contributed by atoms with van der Waals surface area (Å²) < 4.78 is 6.09. The fourth-order valence-electron chi connectivity index (χ4n) is 2.73. The SMILES string of the molecule is CCOC(=O)c1ccc(NC(=O)C(C)n2nc(-c3ccccc3)ccc2=O)cc1. The number of nitrogens with one attached hydrogen (secondary N) is 1. The third-order valence-electron chi connectivity index (χ3n) is 4.30. The first-order valence-corrected chi connectivity index (χ1v) is 9.23. The monoisotopic (exact) mass is 391 g/mol. The van der Waals surface area contributed by atoms with Crippen LogP contribution in [0.4, 0.5) is 5.69 Å². The summed E-state index contributed by atoms with van der Waals surface area (Å²) in [4.78, 5) is 36.6. The van der Waals surface area contributed by atoms with Crippen LogP contribution >= 0.6 is 0 Å². The predicted molar refractivity (Wildman–Crippen MR) is 110 cm³/mol. The van der Waals surface area contributed by atoms with E-state index < -0.39 is 17.9 Å². The molecule has 1 amide bonds. The van der Waals surface area contributed by atoms with E-state index in [1.165, 1.54) is 6.07 Å². The molecular weight excluding hydrogens is 370 g/mol. The van der Waals surface area contributed by atoms with Crippen LogP contribution in [0, 0.1) is 0 Å². The Bertz CT molecular complexity index is 1060. The van der Waals surface area contributed by atoms with Crippen molar-refractivity contribution in [3.63, 3.8) is 0 Å². The van der Waals surface area contributed by atoms with Crippen molar-refractivity contribution in [1.29, 1.82) is 0 Å². The van der Waals surface area contributed by atoms with Crippen LogP contribution in [0.25, 0.3) is 11.3 Å². The molecule has 0 saturated heterocycles. The molecule has 1 aromatic heterocycles. The lowest BCUT2D eigenvalue weighted by Crippen LogP contribution is -2.33. The van der Waals surface area contributed by atoms with Crippen LogP contribution in [0.1, 0.15) is 30.2 Å². The topological polar surface area (TPSA) is 90.3 Å². The Balaban J connectivity index is 1.76. The number of amides is 1. The summed E-state index contributed by atoms with van der Waals surface area (Å²) in [7, 11) is 0. The van der Waals surface area contributed by atoms with Crippen molar-refractivity contribution in [3.05, 3.63) is 82.6 Å². The smallest absolute Gasteiger partial charge is 0.338 e. The van der Waals surface area contributed by atoms with E-state index in [0.717, 1.165) is 10.2 Å². The fraction of sp³-hybridized carbons (Fsp3) is 0.182. The van der Waals surface area contributed by atoms with E-state index >= 15 is 0 Å². The zero-order valence-corrected chi connectivity index (χ0v) is 16.2. The van der Waals surface area contributed by atoms with Gasteiger partial charge in [0, 0.05) is 17.3 Å². The Hall–Kier alpha value is -3.74. The summed E-state index contributed by atoms with van der Waals surface area (Å²) in [6.07, 6.45) is 0. The molecule has 1 heterocycles. The number of aromatic nitrogens is 2. The third kappa shape index (κ3) is 4.76. The van der Waals surface area contributed by atoms with Gasteiger partial charge in [0.1, 0.15) is 6.04 Å². The molecule has 0 aliphatic carbocycles. The van der Waals surface area contributed by atoms with E-state index in [2.05, 4.69) is 10.4 Å². The van der Waals surface area contributed by atoms with Crippen molar-refractivity contribution >= 4 is 17.6 Å². The van der Waals surface area contributed by atoms with Gasteiger partial charge in [-0.15, -0.1) is 0 Å². The minimum absolute atomic E-state index is 0.290. The number of hydrogen-bond donors (Lipinski definition) is 1. The average Bonchev–Trinajstić information content (AvgIpc) is 2.75. The predicted octanol–water partition coefficient (Wildman–Crippen LogP) is 3.29. The molecule has 0 radical (unpaired) electrons. The maximum Gasteiger partial charge on any atom is 0.338 e. The molecule has 7 nitrogen and oxygen atoms in total. The van der Waals surface area contributed by atoms with Gasteiger partial charge in [0.05, 0.1) is 17.9 Å².